The second-order valence-corrected chi connectivity index (χ2v) is 3.95. The lowest BCUT2D eigenvalue weighted by Gasteiger charge is -2.11. The molecule has 1 aromatic carbocycles. The van der Waals surface area contributed by atoms with Crippen molar-refractivity contribution < 1.29 is 9.50 Å². The van der Waals surface area contributed by atoms with E-state index in [1.807, 2.05) is 0 Å². The fourth-order valence-corrected chi connectivity index (χ4v) is 1.23. The number of rotatable bonds is 2. The molecule has 0 saturated heterocycles. The first-order valence-corrected chi connectivity index (χ1v) is 4.62. The van der Waals surface area contributed by atoms with Gasteiger partial charge in [0.1, 0.15) is 16.8 Å². The molecular weight excluding hydrogens is 214 g/mol. The van der Waals surface area contributed by atoms with Crippen molar-refractivity contribution in [2.24, 2.45) is 0 Å². The van der Waals surface area contributed by atoms with Gasteiger partial charge in [-0.25, -0.2) is 4.39 Å². The van der Waals surface area contributed by atoms with Gasteiger partial charge in [-0.1, -0.05) is 12.1 Å². The third-order valence-electron chi connectivity index (χ3n) is 1.78. The Morgan fingerprint density at radius 1 is 1.38 bits per heavy atom. The van der Waals surface area contributed by atoms with Crippen LogP contribution in [0.4, 0.5) is 4.39 Å². The summed E-state index contributed by atoms with van der Waals surface area (Å²) in [4.78, 5) is -0.942. The molecule has 1 N–H and O–H groups in total. The normalized spacial score (nSPS) is 13.4. The minimum absolute atomic E-state index is 0.370. The van der Waals surface area contributed by atoms with E-state index in [1.165, 1.54) is 6.07 Å². The van der Waals surface area contributed by atoms with Gasteiger partial charge >= 0.3 is 0 Å². The highest BCUT2D eigenvalue weighted by atomic mass is 35.5. The molecular formula is C9H9Cl2FO. The van der Waals surface area contributed by atoms with Crippen LogP contribution in [-0.2, 0) is 0 Å². The number of aryl methyl sites for hydroxylation is 1. The number of hydrogen-bond acceptors (Lipinski definition) is 1. The van der Waals surface area contributed by atoms with Crippen LogP contribution in [0.2, 0.25) is 0 Å². The first-order chi connectivity index (χ1) is 6.02. The smallest absolute Gasteiger partial charge is 0.137 e. The van der Waals surface area contributed by atoms with Crippen LogP contribution in [0.3, 0.4) is 0 Å². The van der Waals surface area contributed by atoms with Crippen LogP contribution in [-0.4, -0.2) is 9.94 Å². The Balaban J connectivity index is 2.97. The van der Waals surface area contributed by atoms with Gasteiger partial charge in [0.05, 0.1) is 0 Å². The summed E-state index contributed by atoms with van der Waals surface area (Å²) < 4.78 is 13.0. The number of halogens is 3. The highest BCUT2D eigenvalue weighted by Gasteiger charge is 2.16. The van der Waals surface area contributed by atoms with Gasteiger partial charge in [-0.05, 0) is 24.1 Å². The molecule has 0 bridgehead atoms. The highest BCUT2D eigenvalue weighted by Crippen LogP contribution is 2.24. The second kappa shape index (κ2) is 4.27. The van der Waals surface area contributed by atoms with Gasteiger partial charge in [0.15, 0.2) is 0 Å². The maximum absolute atomic E-state index is 13.0. The van der Waals surface area contributed by atoms with E-state index in [4.69, 9.17) is 23.2 Å². The Labute approximate surface area is 86.1 Å². The lowest BCUT2D eigenvalue weighted by molar-refractivity contribution is 0.192. The van der Waals surface area contributed by atoms with Crippen molar-refractivity contribution in [1.82, 2.24) is 0 Å². The molecule has 0 aliphatic carbocycles. The number of aliphatic hydroxyl groups is 1. The predicted molar refractivity (Wildman–Crippen MR) is 51.6 cm³/mol. The van der Waals surface area contributed by atoms with Crippen LogP contribution in [0.15, 0.2) is 18.2 Å². The molecule has 0 saturated carbocycles. The van der Waals surface area contributed by atoms with Crippen molar-refractivity contribution in [3.63, 3.8) is 0 Å². The maximum Gasteiger partial charge on any atom is 0.137 e. The highest BCUT2D eigenvalue weighted by molar-refractivity contribution is 6.44. The molecule has 13 heavy (non-hydrogen) atoms. The molecule has 1 atom stereocenters. The fraction of sp³-hybridized carbons (Fsp3) is 0.333. The van der Waals surface area contributed by atoms with Crippen molar-refractivity contribution in [3.8, 4) is 0 Å². The third-order valence-corrected chi connectivity index (χ3v) is 2.25. The largest absolute Gasteiger partial charge is 0.386 e. The van der Waals surface area contributed by atoms with Gasteiger partial charge in [0.2, 0.25) is 0 Å². The van der Waals surface area contributed by atoms with Gasteiger partial charge < -0.3 is 5.11 Å². The van der Waals surface area contributed by atoms with E-state index in [9.17, 15) is 9.50 Å². The monoisotopic (exact) mass is 222 g/mol. The quantitative estimate of drug-likeness (QED) is 0.764. The maximum atomic E-state index is 13.0. The van der Waals surface area contributed by atoms with Crippen LogP contribution in [0, 0.1) is 12.7 Å². The molecule has 0 aromatic heterocycles. The average Bonchev–Trinajstić information content (AvgIpc) is 2.08. The van der Waals surface area contributed by atoms with Gasteiger partial charge in [-0.15, -0.1) is 23.2 Å². The standard InChI is InChI=1S/C9H9Cl2FO/c1-5-2-3-6(4-7(5)12)8(13)9(10)11/h2-4,8-9,13H,1H3. The van der Waals surface area contributed by atoms with Crippen LogP contribution in [0.25, 0.3) is 0 Å². The summed E-state index contributed by atoms with van der Waals surface area (Å²) in [7, 11) is 0. The lowest BCUT2D eigenvalue weighted by atomic mass is 10.1. The fourth-order valence-electron chi connectivity index (χ4n) is 0.939. The molecule has 1 nitrogen and oxygen atoms in total. The predicted octanol–water partition coefficient (Wildman–Crippen LogP) is 2.97. The minimum atomic E-state index is -1.04. The van der Waals surface area contributed by atoms with Crippen molar-refractivity contribution >= 4 is 23.2 Å². The van der Waals surface area contributed by atoms with Gasteiger partial charge in [0.25, 0.3) is 0 Å². The zero-order chi connectivity index (χ0) is 10.0. The van der Waals surface area contributed by atoms with Crippen LogP contribution in [0.5, 0.6) is 0 Å². The van der Waals surface area contributed by atoms with Gasteiger partial charge in [0, 0.05) is 0 Å². The van der Waals surface area contributed by atoms with Crippen LogP contribution < -0.4 is 0 Å². The van der Waals surface area contributed by atoms with Crippen molar-refractivity contribution in [1.29, 1.82) is 0 Å². The third kappa shape index (κ3) is 2.56. The summed E-state index contributed by atoms with van der Waals surface area (Å²) >= 11 is 10.9. The molecule has 1 aromatic rings. The van der Waals surface area contributed by atoms with E-state index in [0.717, 1.165) is 0 Å². The molecule has 0 aliphatic rings. The lowest BCUT2D eigenvalue weighted by Crippen LogP contribution is -2.06. The van der Waals surface area contributed by atoms with Crippen LogP contribution >= 0.6 is 23.2 Å². The Morgan fingerprint density at radius 2 is 2.00 bits per heavy atom. The van der Waals surface area contributed by atoms with Gasteiger partial charge in [-0.3, -0.25) is 0 Å². The van der Waals surface area contributed by atoms with Crippen molar-refractivity contribution in [2.75, 3.05) is 0 Å². The van der Waals surface area contributed by atoms with Crippen molar-refractivity contribution in [3.05, 3.63) is 35.1 Å². The second-order valence-electron chi connectivity index (χ2n) is 2.79. The summed E-state index contributed by atoms with van der Waals surface area (Å²) in [5, 5.41) is 9.38. The molecule has 0 amide bonds. The molecule has 1 rings (SSSR count). The Bertz CT molecular complexity index is 302. The molecule has 0 spiro atoms. The Morgan fingerprint density at radius 3 is 2.46 bits per heavy atom. The first-order valence-electron chi connectivity index (χ1n) is 3.74. The SMILES string of the molecule is Cc1ccc(C(O)C(Cl)Cl)cc1F. The van der Waals surface area contributed by atoms with Gasteiger partial charge in [-0.2, -0.15) is 0 Å². The molecule has 1 unspecified atom stereocenters. The number of hydrogen-bond donors (Lipinski definition) is 1. The van der Waals surface area contributed by atoms with E-state index in [1.54, 1.807) is 19.1 Å². The number of benzene rings is 1. The minimum Gasteiger partial charge on any atom is -0.386 e. The molecule has 72 valence electrons. The van der Waals surface area contributed by atoms with E-state index in [0.29, 0.717) is 11.1 Å². The number of aliphatic hydroxyl groups excluding tert-OH is 1. The Kier molecular flexibility index (Phi) is 3.54. The van der Waals surface area contributed by atoms with Crippen molar-refractivity contribution in [2.45, 2.75) is 17.9 Å². The molecule has 0 radical (unpaired) electrons. The summed E-state index contributed by atoms with van der Waals surface area (Å²) in [6.45, 7) is 1.64. The van der Waals surface area contributed by atoms with Crippen LogP contribution in [0.1, 0.15) is 17.2 Å². The first kappa shape index (κ1) is 10.8. The summed E-state index contributed by atoms with van der Waals surface area (Å²) in [6.07, 6.45) is -1.04. The average molecular weight is 223 g/mol. The van der Waals surface area contributed by atoms with E-state index < -0.39 is 10.9 Å². The zero-order valence-electron chi connectivity index (χ0n) is 6.97. The zero-order valence-corrected chi connectivity index (χ0v) is 8.48. The molecule has 4 heteroatoms. The van der Waals surface area contributed by atoms with E-state index in [2.05, 4.69) is 0 Å². The topological polar surface area (TPSA) is 20.2 Å². The Hall–Kier alpha value is -0.310. The number of alkyl halides is 2. The molecule has 0 fully saturated rings. The summed E-state index contributed by atoms with van der Waals surface area (Å²) in [5.74, 6) is -0.370. The molecule has 0 aliphatic heterocycles. The summed E-state index contributed by atoms with van der Waals surface area (Å²) in [5.41, 5.74) is 0.912. The van der Waals surface area contributed by atoms with E-state index in [-0.39, 0.29) is 5.82 Å². The molecule has 0 heterocycles. The van der Waals surface area contributed by atoms with E-state index >= 15 is 0 Å². The summed E-state index contributed by atoms with van der Waals surface area (Å²) in [6, 6.07) is 4.41.